The van der Waals surface area contributed by atoms with E-state index in [1.54, 1.807) is 6.07 Å². The predicted molar refractivity (Wildman–Crippen MR) is 83.1 cm³/mol. The number of amides is 1. The van der Waals surface area contributed by atoms with Crippen molar-refractivity contribution in [2.45, 2.75) is 19.9 Å². The second kappa shape index (κ2) is 7.32. The molecule has 0 bridgehead atoms. The molecule has 0 aliphatic carbocycles. The van der Waals surface area contributed by atoms with Gasteiger partial charge in [-0.3, -0.25) is 4.79 Å². The highest BCUT2D eigenvalue weighted by molar-refractivity contribution is 6.03. The van der Waals surface area contributed by atoms with Crippen LogP contribution in [-0.2, 0) is 6.54 Å². The summed E-state index contributed by atoms with van der Waals surface area (Å²) < 4.78 is 1.89. The Morgan fingerprint density at radius 2 is 2.19 bits per heavy atom. The molecule has 1 aromatic heterocycles. The molecule has 1 amide bonds. The number of hydrogen-bond donors (Lipinski definition) is 2. The van der Waals surface area contributed by atoms with Gasteiger partial charge in [0.25, 0.3) is 5.91 Å². The van der Waals surface area contributed by atoms with E-state index >= 15 is 0 Å². The summed E-state index contributed by atoms with van der Waals surface area (Å²) in [5.74, 6) is 5.67. The zero-order valence-corrected chi connectivity index (χ0v) is 12.0. The Morgan fingerprint density at radius 3 is 2.95 bits per heavy atom. The van der Waals surface area contributed by atoms with E-state index in [1.807, 2.05) is 48.0 Å². The summed E-state index contributed by atoms with van der Waals surface area (Å²) in [6.07, 6.45) is 2.33. The van der Waals surface area contributed by atoms with E-state index in [0.29, 0.717) is 17.8 Å². The Labute approximate surface area is 124 Å². The van der Waals surface area contributed by atoms with E-state index in [9.17, 15) is 4.79 Å². The van der Waals surface area contributed by atoms with Crippen molar-refractivity contribution < 1.29 is 9.90 Å². The average molecular weight is 282 g/mol. The first-order valence-electron chi connectivity index (χ1n) is 6.91. The molecule has 2 aromatic rings. The predicted octanol–water partition coefficient (Wildman–Crippen LogP) is 2.49. The fraction of sp³-hybridized carbons (Fsp3) is 0.235. The molecule has 0 saturated carbocycles. The molecule has 0 saturated heterocycles. The first-order valence-corrected chi connectivity index (χ1v) is 6.91. The minimum absolute atomic E-state index is 0.0530. The molecule has 0 aliphatic heterocycles. The number of nitrogens with zero attached hydrogens (tertiary/aromatic N) is 1. The van der Waals surface area contributed by atoms with Crippen molar-refractivity contribution in [3.8, 4) is 11.8 Å². The molecule has 0 radical (unpaired) electrons. The summed E-state index contributed by atoms with van der Waals surface area (Å²) in [5.41, 5.74) is 2.15. The van der Waals surface area contributed by atoms with Crippen LogP contribution in [0.5, 0.6) is 0 Å². The second-order valence-electron chi connectivity index (χ2n) is 4.49. The minimum atomic E-state index is -0.137. The number of anilines is 1. The van der Waals surface area contributed by atoms with Gasteiger partial charge < -0.3 is 15.0 Å². The van der Waals surface area contributed by atoms with Crippen LogP contribution < -0.4 is 5.32 Å². The molecule has 1 heterocycles. The number of benzene rings is 1. The van der Waals surface area contributed by atoms with Crippen molar-refractivity contribution in [3.05, 3.63) is 53.9 Å². The molecule has 0 aliphatic rings. The molecule has 0 spiro atoms. The van der Waals surface area contributed by atoms with Gasteiger partial charge in [-0.05, 0) is 37.3 Å². The topological polar surface area (TPSA) is 54.3 Å². The number of carbonyl (C=O) groups is 1. The highest BCUT2D eigenvalue weighted by Crippen LogP contribution is 2.12. The summed E-state index contributed by atoms with van der Waals surface area (Å²) in [4.78, 5) is 12.2. The fourth-order valence-electron chi connectivity index (χ4n) is 1.99. The van der Waals surface area contributed by atoms with Gasteiger partial charge >= 0.3 is 0 Å². The summed E-state index contributed by atoms with van der Waals surface area (Å²) >= 11 is 0. The highest BCUT2D eigenvalue weighted by Gasteiger charge is 2.09. The molecule has 0 atom stereocenters. The number of carbonyl (C=O) groups excluding carboxylic acids is 1. The third kappa shape index (κ3) is 3.98. The van der Waals surface area contributed by atoms with Crippen molar-refractivity contribution in [2.24, 2.45) is 0 Å². The van der Waals surface area contributed by atoms with Gasteiger partial charge in [0, 0.05) is 30.4 Å². The monoisotopic (exact) mass is 282 g/mol. The molecule has 0 fully saturated rings. The van der Waals surface area contributed by atoms with Crippen molar-refractivity contribution >= 4 is 11.6 Å². The Kier molecular flexibility index (Phi) is 5.19. The molecular weight excluding hydrogens is 264 g/mol. The van der Waals surface area contributed by atoms with Crippen LogP contribution in [0.2, 0.25) is 0 Å². The van der Waals surface area contributed by atoms with E-state index in [1.165, 1.54) is 0 Å². The summed E-state index contributed by atoms with van der Waals surface area (Å²) in [6.45, 7) is 2.80. The maximum atomic E-state index is 12.2. The zero-order valence-electron chi connectivity index (χ0n) is 12.0. The standard InChI is InChI=1S/C17H18N2O2/c1-2-19-11-6-10-16(19)17(21)18-15-9-5-8-14(13-15)7-3-4-12-20/h5-6,8-11,13,20H,2,4,12H2,1H3,(H,18,21). The van der Waals surface area contributed by atoms with Gasteiger partial charge in [0.15, 0.2) is 0 Å². The van der Waals surface area contributed by atoms with E-state index < -0.39 is 0 Å². The van der Waals surface area contributed by atoms with Gasteiger partial charge in [-0.2, -0.15) is 0 Å². The van der Waals surface area contributed by atoms with Crippen LogP contribution in [0.1, 0.15) is 29.4 Å². The molecule has 4 nitrogen and oxygen atoms in total. The lowest BCUT2D eigenvalue weighted by molar-refractivity contribution is 0.101. The van der Waals surface area contributed by atoms with Crippen LogP contribution in [-0.4, -0.2) is 22.2 Å². The van der Waals surface area contributed by atoms with Crippen molar-refractivity contribution in [1.82, 2.24) is 4.57 Å². The second-order valence-corrected chi connectivity index (χ2v) is 4.49. The Bertz CT molecular complexity index is 677. The third-order valence-electron chi connectivity index (χ3n) is 2.99. The fourth-order valence-corrected chi connectivity index (χ4v) is 1.99. The zero-order chi connectivity index (χ0) is 15.1. The Balaban J connectivity index is 2.11. The van der Waals surface area contributed by atoms with Crippen LogP contribution in [0.3, 0.4) is 0 Å². The summed E-state index contributed by atoms with van der Waals surface area (Å²) in [5, 5.41) is 11.6. The van der Waals surface area contributed by atoms with Gasteiger partial charge in [0.2, 0.25) is 0 Å². The number of aryl methyl sites for hydroxylation is 1. The SMILES string of the molecule is CCn1cccc1C(=O)Nc1cccc(C#CCCO)c1. The quantitative estimate of drug-likeness (QED) is 0.847. The number of hydrogen-bond acceptors (Lipinski definition) is 2. The van der Waals surface area contributed by atoms with Gasteiger partial charge in [-0.25, -0.2) is 0 Å². The molecule has 21 heavy (non-hydrogen) atoms. The largest absolute Gasteiger partial charge is 0.395 e. The molecule has 0 unspecified atom stereocenters. The highest BCUT2D eigenvalue weighted by atomic mass is 16.2. The van der Waals surface area contributed by atoms with Crippen LogP contribution in [0.4, 0.5) is 5.69 Å². The maximum Gasteiger partial charge on any atom is 0.272 e. The molecule has 4 heteroatoms. The smallest absolute Gasteiger partial charge is 0.272 e. The lowest BCUT2D eigenvalue weighted by atomic mass is 10.2. The molecule has 2 rings (SSSR count). The van der Waals surface area contributed by atoms with Gasteiger partial charge in [0.05, 0.1) is 6.61 Å². The first kappa shape index (κ1) is 14.9. The number of nitrogens with one attached hydrogen (secondary N) is 1. The summed E-state index contributed by atoms with van der Waals surface area (Å²) in [6, 6.07) is 11.0. The number of aromatic nitrogens is 1. The van der Waals surface area contributed by atoms with Gasteiger partial charge in [-0.1, -0.05) is 17.9 Å². The van der Waals surface area contributed by atoms with E-state index in [-0.39, 0.29) is 12.5 Å². The molecule has 108 valence electrons. The van der Waals surface area contributed by atoms with Crippen LogP contribution >= 0.6 is 0 Å². The number of rotatable bonds is 4. The van der Waals surface area contributed by atoms with Crippen LogP contribution in [0.15, 0.2) is 42.6 Å². The number of aliphatic hydroxyl groups excluding tert-OH is 1. The molecular formula is C17H18N2O2. The first-order chi connectivity index (χ1) is 10.2. The lowest BCUT2D eigenvalue weighted by Gasteiger charge is -2.08. The Morgan fingerprint density at radius 1 is 1.33 bits per heavy atom. The van der Waals surface area contributed by atoms with E-state index in [4.69, 9.17) is 5.11 Å². The van der Waals surface area contributed by atoms with Gasteiger partial charge in [-0.15, -0.1) is 0 Å². The minimum Gasteiger partial charge on any atom is -0.395 e. The molecule has 2 N–H and O–H groups in total. The average Bonchev–Trinajstić information content (AvgIpc) is 2.96. The third-order valence-corrected chi connectivity index (χ3v) is 2.99. The maximum absolute atomic E-state index is 12.2. The number of aliphatic hydroxyl groups is 1. The summed E-state index contributed by atoms with van der Waals surface area (Å²) in [7, 11) is 0. The van der Waals surface area contributed by atoms with Crippen LogP contribution in [0.25, 0.3) is 0 Å². The van der Waals surface area contributed by atoms with E-state index in [2.05, 4.69) is 17.2 Å². The van der Waals surface area contributed by atoms with Gasteiger partial charge in [0.1, 0.15) is 5.69 Å². The van der Waals surface area contributed by atoms with Crippen molar-refractivity contribution in [3.63, 3.8) is 0 Å². The van der Waals surface area contributed by atoms with Crippen molar-refractivity contribution in [2.75, 3.05) is 11.9 Å². The normalized spacial score (nSPS) is 9.81. The van der Waals surface area contributed by atoms with E-state index in [0.717, 1.165) is 12.1 Å². The van der Waals surface area contributed by atoms with Crippen molar-refractivity contribution in [1.29, 1.82) is 0 Å². The molecule has 1 aromatic carbocycles. The Hall–Kier alpha value is -2.51. The lowest BCUT2D eigenvalue weighted by Crippen LogP contribution is -2.16. The van der Waals surface area contributed by atoms with Crippen LogP contribution in [0, 0.1) is 11.8 Å².